The molecule has 6 nitrogen and oxygen atoms in total. The van der Waals surface area contributed by atoms with Gasteiger partial charge in [0.05, 0.1) is 11.8 Å². The normalized spacial score (nSPS) is 22.6. The summed E-state index contributed by atoms with van der Waals surface area (Å²) >= 11 is 5.95. The average Bonchev–Trinajstić information content (AvgIpc) is 3.02. The summed E-state index contributed by atoms with van der Waals surface area (Å²) in [6.07, 6.45) is 2.09. The smallest absolute Gasteiger partial charge is 0.273 e. The van der Waals surface area contributed by atoms with Crippen molar-refractivity contribution in [3.05, 3.63) is 70.2 Å². The third-order valence-corrected chi connectivity index (χ3v) is 6.65. The van der Waals surface area contributed by atoms with Crippen LogP contribution in [0.25, 0.3) is 0 Å². The number of ketones is 1. The van der Waals surface area contributed by atoms with Crippen LogP contribution in [0.15, 0.2) is 48.5 Å². The molecule has 0 radical (unpaired) electrons. The highest BCUT2D eigenvalue weighted by Crippen LogP contribution is 2.41. The maximum atomic E-state index is 13.4. The molecule has 3 atom stereocenters. The van der Waals surface area contributed by atoms with E-state index in [4.69, 9.17) is 11.6 Å². The summed E-state index contributed by atoms with van der Waals surface area (Å²) in [4.78, 5) is 52.9. The Morgan fingerprint density at radius 1 is 0.938 bits per heavy atom. The van der Waals surface area contributed by atoms with Gasteiger partial charge in [-0.2, -0.15) is 5.01 Å². The number of carbonyl (C=O) groups excluding carboxylic acids is 4. The van der Waals surface area contributed by atoms with Gasteiger partial charge in [0.1, 0.15) is 6.54 Å². The molecule has 2 aliphatic rings. The van der Waals surface area contributed by atoms with Crippen molar-refractivity contribution in [2.45, 2.75) is 33.1 Å². The van der Waals surface area contributed by atoms with Crippen molar-refractivity contribution in [2.24, 2.45) is 17.8 Å². The molecule has 2 aromatic rings. The van der Waals surface area contributed by atoms with Crippen LogP contribution in [-0.4, -0.2) is 40.1 Å². The predicted molar refractivity (Wildman–Crippen MR) is 120 cm³/mol. The van der Waals surface area contributed by atoms with E-state index in [-0.39, 0.29) is 11.3 Å². The number of fused-ring (bicyclic) bond motifs is 1. The van der Waals surface area contributed by atoms with E-state index in [1.54, 1.807) is 36.4 Å². The first-order valence-electron chi connectivity index (χ1n) is 10.8. The monoisotopic (exact) mass is 452 g/mol. The van der Waals surface area contributed by atoms with Gasteiger partial charge in [0, 0.05) is 16.1 Å². The van der Waals surface area contributed by atoms with Crippen LogP contribution in [0.1, 0.15) is 52.5 Å². The van der Waals surface area contributed by atoms with Gasteiger partial charge in [-0.15, -0.1) is 0 Å². The summed E-state index contributed by atoms with van der Waals surface area (Å²) in [5.41, 5.74) is 1.66. The van der Waals surface area contributed by atoms with Crippen molar-refractivity contribution in [1.82, 2.24) is 10.0 Å². The van der Waals surface area contributed by atoms with Gasteiger partial charge in [0.25, 0.3) is 17.7 Å². The first kappa shape index (κ1) is 22.2. The van der Waals surface area contributed by atoms with E-state index in [0.29, 0.717) is 29.3 Å². The van der Waals surface area contributed by atoms with Gasteiger partial charge in [-0.05, 0) is 56.4 Å². The van der Waals surface area contributed by atoms with Gasteiger partial charge >= 0.3 is 0 Å². The largest absolute Gasteiger partial charge is 0.292 e. The van der Waals surface area contributed by atoms with Crippen LogP contribution >= 0.6 is 11.6 Å². The fraction of sp³-hybridized carbons (Fsp3) is 0.360. The third kappa shape index (κ3) is 4.19. The Kier molecular flexibility index (Phi) is 6.15. The number of Topliss-reactive ketones (excluding diaryl/α,β-unsaturated/α-hetero) is 1. The summed E-state index contributed by atoms with van der Waals surface area (Å²) < 4.78 is 0. The highest BCUT2D eigenvalue weighted by molar-refractivity contribution is 6.30. The molecule has 0 N–H and O–H groups in total. The highest BCUT2D eigenvalue weighted by Gasteiger charge is 2.52. The molecule has 1 aliphatic heterocycles. The maximum absolute atomic E-state index is 13.4. The molecule has 7 heteroatoms. The maximum Gasteiger partial charge on any atom is 0.273 e. The summed E-state index contributed by atoms with van der Waals surface area (Å²) in [5, 5.41) is 2.40. The number of aryl methyl sites for hydroxylation is 1. The molecule has 1 saturated heterocycles. The molecule has 2 aromatic carbocycles. The fourth-order valence-electron chi connectivity index (χ4n) is 4.55. The second-order valence-electron chi connectivity index (χ2n) is 8.78. The summed E-state index contributed by atoms with van der Waals surface area (Å²) in [6, 6.07) is 13.1. The third-order valence-electron chi connectivity index (χ3n) is 6.40. The van der Waals surface area contributed by atoms with E-state index in [1.807, 2.05) is 6.92 Å². The van der Waals surface area contributed by atoms with E-state index in [9.17, 15) is 19.2 Å². The lowest BCUT2D eigenvalue weighted by molar-refractivity contribution is -0.154. The summed E-state index contributed by atoms with van der Waals surface area (Å²) in [6.45, 7) is 3.57. The van der Waals surface area contributed by atoms with E-state index >= 15 is 0 Å². The molecule has 1 heterocycles. The Balaban J connectivity index is 1.68. The van der Waals surface area contributed by atoms with Crippen molar-refractivity contribution in [3.63, 3.8) is 0 Å². The van der Waals surface area contributed by atoms with Gasteiger partial charge in [-0.25, -0.2) is 5.01 Å². The molecule has 0 aromatic heterocycles. The zero-order valence-corrected chi connectivity index (χ0v) is 18.8. The Bertz CT molecular complexity index is 1060. The number of hydrogen-bond acceptors (Lipinski definition) is 4. The number of halogens is 1. The van der Waals surface area contributed by atoms with Crippen molar-refractivity contribution in [2.75, 3.05) is 6.54 Å². The molecular formula is C25H25ClN2O4. The standard InChI is InChI=1S/C25H25ClN2O4/c1-15-3-6-17(7-4-15)22(29)14-27(23(30)18-8-10-19(26)11-9-18)28-24(31)20-12-5-16(2)13-21(20)25(28)32/h3-4,6-11,16,20-21H,5,12-14H2,1-2H3/t16-,20-,21-/m1/s1. The van der Waals surface area contributed by atoms with Crippen LogP contribution in [0.3, 0.4) is 0 Å². The molecule has 1 saturated carbocycles. The lowest BCUT2D eigenvalue weighted by Crippen LogP contribution is -2.52. The molecule has 3 amide bonds. The molecule has 32 heavy (non-hydrogen) atoms. The lowest BCUT2D eigenvalue weighted by atomic mass is 9.76. The minimum absolute atomic E-state index is 0.245. The topological polar surface area (TPSA) is 74.8 Å². The molecule has 0 spiro atoms. The van der Waals surface area contributed by atoms with Crippen LogP contribution in [-0.2, 0) is 9.59 Å². The van der Waals surface area contributed by atoms with Gasteiger partial charge in [0.2, 0.25) is 0 Å². The minimum atomic E-state index is -0.587. The van der Waals surface area contributed by atoms with Crippen molar-refractivity contribution in [3.8, 4) is 0 Å². The molecule has 1 aliphatic carbocycles. The number of hydrazine groups is 1. The number of benzene rings is 2. The molecule has 0 bridgehead atoms. The van der Waals surface area contributed by atoms with Gasteiger partial charge in [-0.3, -0.25) is 19.2 Å². The van der Waals surface area contributed by atoms with Crippen LogP contribution in [0.4, 0.5) is 0 Å². The van der Waals surface area contributed by atoms with Gasteiger partial charge < -0.3 is 0 Å². The minimum Gasteiger partial charge on any atom is -0.292 e. The molecular weight excluding hydrogens is 428 g/mol. The van der Waals surface area contributed by atoms with E-state index < -0.39 is 36.1 Å². The van der Waals surface area contributed by atoms with E-state index in [1.165, 1.54) is 12.1 Å². The average molecular weight is 453 g/mol. The molecule has 0 unspecified atom stereocenters. The number of hydrogen-bond donors (Lipinski definition) is 0. The number of imide groups is 1. The Morgan fingerprint density at radius 3 is 2.19 bits per heavy atom. The highest BCUT2D eigenvalue weighted by atomic mass is 35.5. The first-order valence-corrected chi connectivity index (χ1v) is 11.2. The quantitative estimate of drug-likeness (QED) is 0.500. The van der Waals surface area contributed by atoms with Crippen molar-refractivity contribution >= 4 is 35.1 Å². The fourth-order valence-corrected chi connectivity index (χ4v) is 4.68. The number of nitrogens with zero attached hydrogens (tertiary/aromatic N) is 2. The summed E-state index contributed by atoms with van der Waals surface area (Å²) in [7, 11) is 0. The first-order chi connectivity index (χ1) is 15.3. The van der Waals surface area contributed by atoms with Crippen LogP contribution in [0.5, 0.6) is 0 Å². The number of carbonyl (C=O) groups is 4. The second-order valence-corrected chi connectivity index (χ2v) is 9.21. The van der Waals surface area contributed by atoms with Crippen molar-refractivity contribution < 1.29 is 19.2 Å². The number of amides is 3. The predicted octanol–water partition coefficient (Wildman–Crippen LogP) is 4.31. The van der Waals surface area contributed by atoms with E-state index in [0.717, 1.165) is 22.0 Å². The Labute approximate surface area is 192 Å². The molecule has 166 valence electrons. The second kappa shape index (κ2) is 8.87. The van der Waals surface area contributed by atoms with Crippen LogP contribution in [0, 0.1) is 24.7 Å². The SMILES string of the molecule is Cc1ccc(C(=O)CN(C(=O)c2ccc(Cl)cc2)N2C(=O)[C@@H]3CC[C@@H](C)C[C@H]3C2=O)cc1. The summed E-state index contributed by atoms with van der Waals surface area (Å²) in [5.74, 6) is -2.28. The number of rotatable bonds is 5. The van der Waals surface area contributed by atoms with Gasteiger partial charge in [0.15, 0.2) is 5.78 Å². The van der Waals surface area contributed by atoms with Crippen LogP contribution < -0.4 is 0 Å². The molecule has 2 fully saturated rings. The van der Waals surface area contributed by atoms with E-state index in [2.05, 4.69) is 6.92 Å². The molecule has 4 rings (SSSR count). The zero-order chi connectivity index (χ0) is 23.0. The lowest BCUT2D eigenvalue weighted by Gasteiger charge is -2.30. The van der Waals surface area contributed by atoms with Gasteiger partial charge in [-0.1, -0.05) is 48.4 Å². The van der Waals surface area contributed by atoms with Crippen molar-refractivity contribution in [1.29, 1.82) is 0 Å². The Hall–Kier alpha value is -2.99. The zero-order valence-electron chi connectivity index (χ0n) is 18.1. The van der Waals surface area contributed by atoms with Crippen LogP contribution in [0.2, 0.25) is 5.02 Å². The Morgan fingerprint density at radius 2 is 1.53 bits per heavy atom.